The number of carbonyl (C=O) groups is 2. The lowest BCUT2D eigenvalue weighted by molar-refractivity contribution is -0.143. The standard InChI is InChI=1S/C16H13BrO3/c17-14-8-6-13(7-9-14)15(18)10-16(19)20-11-12-4-2-1-3-5-12/h1-9H,10-11H2. The molecule has 0 radical (unpaired) electrons. The summed E-state index contributed by atoms with van der Waals surface area (Å²) < 4.78 is 5.96. The Bertz CT molecular complexity index is 591. The summed E-state index contributed by atoms with van der Waals surface area (Å²) in [5, 5.41) is 0. The fourth-order valence-electron chi connectivity index (χ4n) is 1.66. The van der Waals surface area contributed by atoms with Crippen molar-refractivity contribution < 1.29 is 14.3 Å². The zero-order valence-electron chi connectivity index (χ0n) is 10.7. The second-order valence-corrected chi connectivity index (χ2v) is 5.17. The van der Waals surface area contributed by atoms with Crippen LogP contribution in [0.5, 0.6) is 0 Å². The molecule has 0 saturated carbocycles. The van der Waals surface area contributed by atoms with Gasteiger partial charge in [-0.3, -0.25) is 9.59 Å². The van der Waals surface area contributed by atoms with Gasteiger partial charge in [0, 0.05) is 10.0 Å². The highest BCUT2D eigenvalue weighted by Gasteiger charge is 2.12. The molecule has 0 spiro atoms. The minimum absolute atomic E-state index is 0.188. The van der Waals surface area contributed by atoms with Crippen LogP contribution < -0.4 is 0 Å². The van der Waals surface area contributed by atoms with Gasteiger partial charge in [0.05, 0.1) is 0 Å². The summed E-state index contributed by atoms with van der Waals surface area (Å²) in [6.45, 7) is 0.188. The van der Waals surface area contributed by atoms with Crippen LogP contribution in [0.2, 0.25) is 0 Å². The van der Waals surface area contributed by atoms with Crippen molar-refractivity contribution in [2.45, 2.75) is 13.0 Å². The molecule has 0 saturated heterocycles. The van der Waals surface area contributed by atoms with Gasteiger partial charge in [0.2, 0.25) is 0 Å². The number of benzene rings is 2. The van der Waals surface area contributed by atoms with Gasteiger partial charge in [-0.15, -0.1) is 0 Å². The molecule has 102 valence electrons. The molecule has 0 aliphatic carbocycles. The quantitative estimate of drug-likeness (QED) is 0.475. The second kappa shape index (κ2) is 7.01. The van der Waals surface area contributed by atoms with Crippen LogP contribution in [-0.2, 0) is 16.1 Å². The molecule has 20 heavy (non-hydrogen) atoms. The van der Waals surface area contributed by atoms with Gasteiger partial charge < -0.3 is 4.74 Å². The van der Waals surface area contributed by atoms with E-state index in [0.29, 0.717) is 5.56 Å². The second-order valence-electron chi connectivity index (χ2n) is 4.25. The van der Waals surface area contributed by atoms with Gasteiger partial charge in [0.25, 0.3) is 0 Å². The van der Waals surface area contributed by atoms with Gasteiger partial charge in [-0.2, -0.15) is 0 Å². The first-order valence-corrected chi connectivity index (χ1v) is 6.93. The molecule has 0 atom stereocenters. The molecule has 2 aromatic rings. The Morgan fingerprint density at radius 2 is 1.60 bits per heavy atom. The predicted molar refractivity (Wildman–Crippen MR) is 79.3 cm³/mol. The molecule has 0 N–H and O–H groups in total. The number of Topliss-reactive ketones (excluding diaryl/α,β-unsaturated/α-hetero) is 1. The van der Waals surface area contributed by atoms with Crippen LogP contribution in [0.3, 0.4) is 0 Å². The van der Waals surface area contributed by atoms with Gasteiger partial charge in [0.1, 0.15) is 13.0 Å². The van der Waals surface area contributed by atoms with E-state index in [9.17, 15) is 9.59 Å². The highest BCUT2D eigenvalue weighted by atomic mass is 79.9. The third-order valence-corrected chi connectivity index (χ3v) is 3.24. The zero-order chi connectivity index (χ0) is 14.4. The highest BCUT2D eigenvalue weighted by molar-refractivity contribution is 9.10. The van der Waals surface area contributed by atoms with Crippen LogP contribution in [0.4, 0.5) is 0 Å². The molecule has 0 aliphatic heterocycles. The van der Waals surface area contributed by atoms with E-state index in [0.717, 1.165) is 10.0 Å². The maximum Gasteiger partial charge on any atom is 0.314 e. The third-order valence-electron chi connectivity index (χ3n) is 2.71. The van der Waals surface area contributed by atoms with Crippen molar-refractivity contribution in [2.75, 3.05) is 0 Å². The highest BCUT2D eigenvalue weighted by Crippen LogP contribution is 2.12. The SMILES string of the molecule is O=C(CC(=O)c1ccc(Br)cc1)OCc1ccccc1. The topological polar surface area (TPSA) is 43.4 Å². The Hall–Kier alpha value is -1.94. The summed E-state index contributed by atoms with van der Waals surface area (Å²) in [6.07, 6.45) is -0.242. The van der Waals surface area contributed by atoms with E-state index in [-0.39, 0.29) is 18.8 Å². The number of esters is 1. The molecule has 0 fully saturated rings. The average molecular weight is 333 g/mol. The van der Waals surface area contributed by atoms with Gasteiger partial charge in [-0.1, -0.05) is 58.4 Å². The van der Waals surface area contributed by atoms with Gasteiger partial charge in [-0.05, 0) is 17.7 Å². The van der Waals surface area contributed by atoms with Crippen LogP contribution in [0.15, 0.2) is 59.1 Å². The normalized spacial score (nSPS) is 10.1. The Kier molecular flexibility index (Phi) is 5.07. The van der Waals surface area contributed by atoms with Crippen molar-refractivity contribution in [1.29, 1.82) is 0 Å². The van der Waals surface area contributed by atoms with Crippen molar-refractivity contribution in [3.05, 3.63) is 70.2 Å². The van der Waals surface area contributed by atoms with Crippen molar-refractivity contribution in [2.24, 2.45) is 0 Å². The summed E-state index contributed by atoms with van der Waals surface area (Å²) in [5.74, 6) is -0.752. The Morgan fingerprint density at radius 3 is 2.25 bits per heavy atom. The molecule has 3 nitrogen and oxygen atoms in total. The number of rotatable bonds is 5. The maximum absolute atomic E-state index is 11.9. The van der Waals surface area contributed by atoms with Gasteiger partial charge in [-0.25, -0.2) is 0 Å². The van der Waals surface area contributed by atoms with E-state index in [2.05, 4.69) is 15.9 Å². The molecule has 4 heteroatoms. The first-order valence-electron chi connectivity index (χ1n) is 6.13. The molecule has 0 heterocycles. The number of hydrogen-bond donors (Lipinski definition) is 0. The molecule has 0 aliphatic rings. The molecule has 2 aromatic carbocycles. The van der Waals surface area contributed by atoms with Gasteiger partial charge >= 0.3 is 5.97 Å². The fraction of sp³-hybridized carbons (Fsp3) is 0.125. The molecular formula is C16H13BrO3. The van der Waals surface area contributed by atoms with Crippen LogP contribution >= 0.6 is 15.9 Å². The zero-order valence-corrected chi connectivity index (χ0v) is 12.3. The Morgan fingerprint density at radius 1 is 0.950 bits per heavy atom. The van der Waals surface area contributed by atoms with E-state index in [1.807, 2.05) is 30.3 Å². The smallest absolute Gasteiger partial charge is 0.314 e. The first kappa shape index (κ1) is 14.5. The molecule has 0 bridgehead atoms. The Labute approximate surface area is 125 Å². The van der Waals surface area contributed by atoms with E-state index in [1.54, 1.807) is 24.3 Å². The molecule has 0 amide bonds. The van der Waals surface area contributed by atoms with Gasteiger partial charge in [0.15, 0.2) is 5.78 Å². The first-order chi connectivity index (χ1) is 9.65. The lowest BCUT2D eigenvalue weighted by atomic mass is 10.1. The number of halogens is 1. The average Bonchev–Trinajstić information content (AvgIpc) is 2.47. The van der Waals surface area contributed by atoms with Crippen molar-refractivity contribution in [1.82, 2.24) is 0 Å². The Balaban J connectivity index is 1.85. The minimum Gasteiger partial charge on any atom is -0.460 e. The van der Waals surface area contributed by atoms with Crippen molar-refractivity contribution in [3.63, 3.8) is 0 Å². The predicted octanol–water partition coefficient (Wildman–Crippen LogP) is 3.77. The third kappa shape index (κ3) is 4.31. The number of hydrogen-bond acceptors (Lipinski definition) is 3. The van der Waals surface area contributed by atoms with E-state index >= 15 is 0 Å². The van der Waals surface area contributed by atoms with Crippen LogP contribution in [0.1, 0.15) is 22.3 Å². The molecule has 0 aromatic heterocycles. The summed E-state index contributed by atoms with van der Waals surface area (Å²) in [4.78, 5) is 23.5. The summed E-state index contributed by atoms with van der Waals surface area (Å²) in [6, 6.07) is 16.3. The van der Waals surface area contributed by atoms with E-state index in [4.69, 9.17) is 4.74 Å². The fourth-order valence-corrected chi connectivity index (χ4v) is 1.92. The number of ether oxygens (including phenoxy) is 1. The molecule has 2 rings (SSSR count). The molecule has 0 unspecified atom stereocenters. The molecular weight excluding hydrogens is 320 g/mol. The number of ketones is 1. The van der Waals surface area contributed by atoms with Crippen LogP contribution in [0, 0.1) is 0 Å². The van der Waals surface area contributed by atoms with E-state index < -0.39 is 5.97 Å². The maximum atomic E-state index is 11.9. The summed E-state index contributed by atoms with van der Waals surface area (Å²) >= 11 is 3.29. The lowest BCUT2D eigenvalue weighted by Crippen LogP contribution is -2.11. The minimum atomic E-state index is -0.512. The van der Waals surface area contributed by atoms with Crippen LogP contribution in [0.25, 0.3) is 0 Å². The van der Waals surface area contributed by atoms with Crippen molar-refractivity contribution >= 4 is 27.7 Å². The summed E-state index contributed by atoms with van der Waals surface area (Å²) in [5.41, 5.74) is 1.40. The monoisotopic (exact) mass is 332 g/mol. The van der Waals surface area contributed by atoms with Crippen molar-refractivity contribution in [3.8, 4) is 0 Å². The largest absolute Gasteiger partial charge is 0.460 e. The summed E-state index contributed by atoms with van der Waals surface area (Å²) in [7, 11) is 0. The lowest BCUT2D eigenvalue weighted by Gasteiger charge is -2.04. The number of carbonyl (C=O) groups excluding carboxylic acids is 2. The van der Waals surface area contributed by atoms with E-state index in [1.165, 1.54) is 0 Å². The van der Waals surface area contributed by atoms with Crippen LogP contribution in [-0.4, -0.2) is 11.8 Å².